The number of amides is 6. The van der Waals surface area contributed by atoms with Crippen molar-refractivity contribution in [3.05, 3.63) is 117 Å². The fourth-order valence-electron chi connectivity index (χ4n) is 7.88. The zero-order valence-electron chi connectivity index (χ0n) is 33.2. The van der Waals surface area contributed by atoms with Crippen LogP contribution in [0.15, 0.2) is 79.1 Å². The number of imide groups is 2. The van der Waals surface area contributed by atoms with Gasteiger partial charge in [-0.05, 0) is 105 Å². The number of benzene rings is 3. The molecule has 5 aromatic rings. The molecule has 306 valence electrons. The number of nitrogens with zero attached hydrogens (tertiary/aromatic N) is 4. The number of ether oxygens (including phenoxy) is 1. The Labute approximate surface area is 350 Å². The maximum atomic E-state index is 13.3. The van der Waals surface area contributed by atoms with Gasteiger partial charge in [-0.25, -0.2) is 4.98 Å². The quantitative estimate of drug-likeness (QED) is 0.0854. The molecule has 0 saturated carbocycles. The predicted molar refractivity (Wildman–Crippen MR) is 226 cm³/mol. The maximum Gasteiger partial charge on any atom is 0.264 e. The first-order valence-corrected chi connectivity index (χ1v) is 20.8. The van der Waals surface area contributed by atoms with E-state index in [0.717, 1.165) is 69.1 Å². The molecule has 1 fully saturated rings. The summed E-state index contributed by atoms with van der Waals surface area (Å²) in [7, 11) is 0. The number of hydrogen-bond donors (Lipinski definition) is 3. The molecule has 2 aromatic heterocycles. The minimum Gasteiger partial charge on any atom is -0.494 e. The molecule has 1 unspecified atom stereocenters. The molecule has 3 aliphatic heterocycles. The Morgan fingerprint density at radius 1 is 0.950 bits per heavy atom. The number of hydrogen-bond acceptors (Lipinski definition) is 11. The summed E-state index contributed by atoms with van der Waals surface area (Å²) >= 11 is 1.42. The number of carbonyl (C=O) groups is 6. The monoisotopic (exact) mass is 825 g/mol. The number of nitrogens with one attached hydrogen (secondary N) is 3. The van der Waals surface area contributed by atoms with Crippen LogP contribution in [-0.4, -0.2) is 76.0 Å². The minimum absolute atomic E-state index is 0.0572. The number of carbonyl (C=O) groups excluding carboxylic acids is 6. The third-order valence-electron chi connectivity index (χ3n) is 10.9. The predicted octanol–water partition coefficient (Wildman–Crippen LogP) is 6.27. The molecular formula is C45H43N7O7S. The van der Waals surface area contributed by atoms with Gasteiger partial charge in [-0.2, -0.15) is 0 Å². The normalized spacial score (nSPS) is 15.8. The van der Waals surface area contributed by atoms with Crippen molar-refractivity contribution >= 4 is 63.3 Å². The number of pyridine rings is 1. The van der Waals surface area contributed by atoms with E-state index in [1.807, 2.05) is 56.3 Å². The van der Waals surface area contributed by atoms with Gasteiger partial charge < -0.3 is 20.3 Å². The van der Waals surface area contributed by atoms with Crippen molar-refractivity contribution in [2.24, 2.45) is 0 Å². The molecule has 8 rings (SSSR count). The number of aromatic nitrogens is 2. The van der Waals surface area contributed by atoms with E-state index in [9.17, 15) is 28.8 Å². The molecule has 3 aliphatic rings. The van der Waals surface area contributed by atoms with E-state index < -0.39 is 29.7 Å². The number of piperidine rings is 1. The lowest BCUT2D eigenvalue weighted by Crippen LogP contribution is -2.54. The molecule has 1 atom stereocenters. The third-order valence-corrected chi connectivity index (χ3v) is 11.8. The first kappa shape index (κ1) is 40.1. The molecule has 0 bridgehead atoms. The van der Waals surface area contributed by atoms with E-state index in [2.05, 4.69) is 27.0 Å². The van der Waals surface area contributed by atoms with Crippen molar-refractivity contribution in [1.29, 1.82) is 0 Å². The zero-order valence-corrected chi connectivity index (χ0v) is 34.0. The topological polar surface area (TPSA) is 180 Å². The fourth-order valence-corrected chi connectivity index (χ4v) is 8.74. The average Bonchev–Trinajstić information content (AvgIpc) is 3.90. The fraction of sp³-hybridized carbons (Fsp3) is 0.289. The van der Waals surface area contributed by atoms with Crippen molar-refractivity contribution in [3.8, 4) is 17.0 Å². The number of thiazole rings is 1. The Kier molecular flexibility index (Phi) is 11.5. The van der Waals surface area contributed by atoms with Gasteiger partial charge in [-0.15, -0.1) is 11.3 Å². The summed E-state index contributed by atoms with van der Waals surface area (Å²) in [4.78, 5) is 89.5. The smallest absolute Gasteiger partial charge is 0.264 e. The summed E-state index contributed by atoms with van der Waals surface area (Å²) in [5, 5.41) is 8.97. The van der Waals surface area contributed by atoms with Crippen molar-refractivity contribution in [3.63, 3.8) is 0 Å². The summed E-state index contributed by atoms with van der Waals surface area (Å²) in [5.74, 6) is -1.71. The zero-order chi connectivity index (χ0) is 41.9. The van der Waals surface area contributed by atoms with Crippen LogP contribution in [-0.2, 0) is 27.2 Å². The summed E-state index contributed by atoms with van der Waals surface area (Å²) in [6.45, 7) is 5.52. The molecule has 0 aliphatic carbocycles. The number of fused-ring (bicyclic) bond motifs is 2. The number of aryl methyl sites for hydroxylation is 2. The maximum absolute atomic E-state index is 13.3. The lowest BCUT2D eigenvalue weighted by Gasteiger charge is -2.27. The van der Waals surface area contributed by atoms with Crippen LogP contribution in [0.4, 0.5) is 16.5 Å². The van der Waals surface area contributed by atoms with Crippen LogP contribution in [0.3, 0.4) is 0 Å². The summed E-state index contributed by atoms with van der Waals surface area (Å²) in [5.41, 5.74) is 7.01. The summed E-state index contributed by atoms with van der Waals surface area (Å²) in [6, 6.07) is 19.3. The van der Waals surface area contributed by atoms with Crippen LogP contribution in [0.5, 0.6) is 5.75 Å². The highest BCUT2D eigenvalue weighted by Crippen LogP contribution is 2.37. The molecule has 6 amide bonds. The van der Waals surface area contributed by atoms with Gasteiger partial charge in [0.05, 0.1) is 35.4 Å². The van der Waals surface area contributed by atoms with Crippen LogP contribution in [0.1, 0.15) is 84.7 Å². The first-order valence-electron chi connectivity index (χ1n) is 20.0. The summed E-state index contributed by atoms with van der Waals surface area (Å²) in [6.07, 6.45) is 6.76. The molecule has 5 heterocycles. The lowest BCUT2D eigenvalue weighted by atomic mass is 10.0. The summed E-state index contributed by atoms with van der Waals surface area (Å²) < 4.78 is 6.00. The van der Waals surface area contributed by atoms with E-state index in [1.165, 1.54) is 11.3 Å². The van der Waals surface area contributed by atoms with Gasteiger partial charge in [-0.3, -0.25) is 44.0 Å². The van der Waals surface area contributed by atoms with Gasteiger partial charge in [0.15, 0.2) is 5.13 Å². The molecule has 0 spiro atoms. The van der Waals surface area contributed by atoms with Gasteiger partial charge in [0.25, 0.3) is 17.7 Å². The van der Waals surface area contributed by atoms with Crippen molar-refractivity contribution < 1.29 is 33.5 Å². The molecule has 15 heteroatoms. The number of rotatable bonds is 14. The van der Waals surface area contributed by atoms with Crippen LogP contribution in [0.2, 0.25) is 0 Å². The van der Waals surface area contributed by atoms with E-state index in [1.54, 1.807) is 35.5 Å². The van der Waals surface area contributed by atoms with Gasteiger partial charge in [0.1, 0.15) is 11.8 Å². The Balaban J connectivity index is 0.784. The lowest BCUT2D eigenvalue weighted by molar-refractivity contribution is -0.136. The van der Waals surface area contributed by atoms with Gasteiger partial charge in [0, 0.05) is 53.7 Å². The Bertz CT molecular complexity index is 2550. The SMILES string of the molecule is Cc1ccncc1C(=O)N1CCc2cc(-c3nc(NC(=O)Cc4cccc(OCCCCCNc5cccc6c5C(=O)N(C5CCC(=O)NC5=O)C6=O)c4)sc3C)ccc21. The number of anilines is 3. The van der Waals surface area contributed by atoms with Crippen molar-refractivity contribution in [1.82, 2.24) is 20.2 Å². The Morgan fingerprint density at radius 2 is 1.80 bits per heavy atom. The Morgan fingerprint density at radius 3 is 2.63 bits per heavy atom. The second-order valence-electron chi connectivity index (χ2n) is 15.0. The second kappa shape index (κ2) is 17.2. The van der Waals surface area contributed by atoms with Crippen LogP contribution < -0.4 is 25.6 Å². The molecule has 1 saturated heterocycles. The largest absolute Gasteiger partial charge is 0.494 e. The van der Waals surface area contributed by atoms with Gasteiger partial charge >= 0.3 is 0 Å². The molecule has 60 heavy (non-hydrogen) atoms. The highest BCUT2D eigenvalue weighted by molar-refractivity contribution is 7.16. The molecule has 3 aromatic carbocycles. The van der Waals surface area contributed by atoms with E-state index in [0.29, 0.717) is 41.8 Å². The molecular weight excluding hydrogens is 783 g/mol. The average molecular weight is 826 g/mol. The number of unbranched alkanes of at least 4 members (excludes halogenated alkanes) is 2. The minimum atomic E-state index is -1.01. The first-order chi connectivity index (χ1) is 29.0. The van der Waals surface area contributed by atoms with Crippen LogP contribution in [0, 0.1) is 13.8 Å². The molecule has 14 nitrogen and oxygen atoms in total. The third kappa shape index (κ3) is 8.25. The second-order valence-corrected chi connectivity index (χ2v) is 16.3. The van der Waals surface area contributed by atoms with E-state index >= 15 is 0 Å². The Hall–Kier alpha value is -6.74. The van der Waals surface area contributed by atoms with Crippen LogP contribution >= 0.6 is 11.3 Å². The standard InChI is InChI=1S/C45H43N7O7S/c1-26-16-19-46-25-33(26)42(56)51-20-17-29-24-30(12-13-35(29)51)40-27(2)60-45(50-40)49-38(54)23-28-8-6-9-31(22-28)59-21-5-3-4-18-47-34-11-7-10-32-39(34)44(58)52(43(32)57)36-14-15-37(53)48-41(36)55/h6-13,16,19,22,24-25,36,47H,3-5,14-15,17-18,20-21,23H2,1-2H3,(H,48,53,55)(H,49,50,54). The van der Waals surface area contributed by atoms with E-state index in [-0.39, 0.29) is 42.2 Å². The molecule has 3 N–H and O–H groups in total. The van der Waals surface area contributed by atoms with Gasteiger partial charge in [-0.1, -0.05) is 24.3 Å². The van der Waals surface area contributed by atoms with E-state index in [4.69, 9.17) is 9.72 Å². The van der Waals surface area contributed by atoms with Crippen molar-refractivity contribution in [2.75, 3.05) is 35.2 Å². The van der Waals surface area contributed by atoms with Crippen molar-refractivity contribution in [2.45, 2.75) is 64.8 Å². The highest BCUT2D eigenvalue weighted by Gasteiger charge is 2.45. The van der Waals surface area contributed by atoms with Crippen LogP contribution in [0.25, 0.3) is 11.3 Å². The van der Waals surface area contributed by atoms with Gasteiger partial charge in [0.2, 0.25) is 17.7 Å². The molecule has 0 radical (unpaired) electrons. The highest BCUT2D eigenvalue weighted by atomic mass is 32.1.